The summed E-state index contributed by atoms with van der Waals surface area (Å²) in [7, 11) is 0. The molecule has 0 saturated heterocycles. The maximum absolute atomic E-state index is 2.52. The second kappa shape index (κ2) is 10.5. The number of anilines is 3. The first kappa shape index (κ1) is 26.7. The molecule has 0 radical (unpaired) electrons. The summed E-state index contributed by atoms with van der Waals surface area (Å²) in [5, 5.41) is 10.3. The first-order valence-corrected chi connectivity index (χ1v) is 17.6. The number of fused-ring (bicyclic) bond motifs is 9. The Kier molecular flexibility index (Phi) is 5.98. The first-order chi connectivity index (χ1) is 23.3. The van der Waals surface area contributed by atoms with Gasteiger partial charge in [0.1, 0.15) is 0 Å². The molecule has 0 aliphatic rings. The van der Waals surface area contributed by atoms with Crippen molar-refractivity contribution >= 4 is 102 Å². The fraction of sp³-hybridized carbons (Fsp3) is 0. The summed E-state index contributed by atoms with van der Waals surface area (Å²) in [6.45, 7) is 0. The molecule has 10 aromatic rings. The largest absolute Gasteiger partial charge is 0.308 e. The number of rotatable bonds is 4. The molecule has 0 aliphatic heterocycles. The van der Waals surface area contributed by atoms with Gasteiger partial charge >= 0.3 is 0 Å². The van der Waals surface area contributed by atoms with Gasteiger partial charge in [-0.1, -0.05) is 127 Å². The predicted molar refractivity (Wildman–Crippen MR) is 207 cm³/mol. The molecule has 3 heteroatoms. The van der Waals surface area contributed by atoms with Crippen molar-refractivity contribution in [1.82, 2.24) is 0 Å². The number of thiophene rings is 2. The molecule has 2 heterocycles. The standard InChI is InChI=1S/C44H27NS2/c1-2-12-28(13-3-1)32-24-25-38(44-43(32)37-19-9-11-21-41(37)47-44)45(30-22-23-36-35-18-8-10-20-40(35)46-42(36)27-30)39-26-29-14-4-5-15-31(29)33-16-6-7-17-34(33)39/h1-27H. The summed E-state index contributed by atoms with van der Waals surface area (Å²) in [5.74, 6) is 0. The Labute approximate surface area is 280 Å². The van der Waals surface area contributed by atoms with E-state index in [1.54, 1.807) is 0 Å². The maximum Gasteiger partial charge on any atom is 0.0641 e. The third-order valence-corrected chi connectivity index (χ3v) is 11.8. The molecular weight excluding hydrogens is 607 g/mol. The van der Waals surface area contributed by atoms with Crippen LogP contribution in [0, 0.1) is 0 Å². The molecule has 220 valence electrons. The van der Waals surface area contributed by atoms with Gasteiger partial charge in [0, 0.05) is 46.7 Å². The third-order valence-electron chi connectivity index (χ3n) is 9.44. The minimum absolute atomic E-state index is 1.16. The van der Waals surface area contributed by atoms with Crippen molar-refractivity contribution in [3.8, 4) is 11.1 Å². The van der Waals surface area contributed by atoms with Crippen molar-refractivity contribution in [2.75, 3.05) is 4.90 Å². The van der Waals surface area contributed by atoms with Gasteiger partial charge in [-0.25, -0.2) is 0 Å². The molecule has 8 aromatic carbocycles. The van der Waals surface area contributed by atoms with Crippen LogP contribution in [-0.2, 0) is 0 Å². The highest BCUT2D eigenvalue weighted by molar-refractivity contribution is 7.26. The molecule has 0 aliphatic carbocycles. The van der Waals surface area contributed by atoms with Crippen molar-refractivity contribution in [3.05, 3.63) is 164 Å². The van der Waals surface area contributed by atoms with Gasteiger partial charge < -0.3 is 4.90 Å². The summed E-state index contributed by atoms with van der Waals surface area (Å²) in [6, 6.07) is 60.2. The van der Waals surface area contributed by atoms with Crippen LogP contribution in [-0.4, -0.2) is 0 Å². The Morgan fingerprint density at radius 1 is 0.383 bits per heavy atom. The van der Waals surface area contributed by atoms with Gasteiger partial charge in [-0.2, -0.15) is 0 Å². The number of hydrogen-bond donors (Lipinski definition) is 0. The van der Waals surface area contributed by atoms with Crippen LogP contribution in [0.1, 0.15) is 0 Å². The van der Waals surface area contributed by atoms with E-state index in [1.165, 1.54) is 84.4 Å². The summed E-state index contributed by atoms with van der Waals surface area (Å²) >= 11 is 3.77. The van der Waals surface area contributed by atoms with E-state index in [0.717, 1.165) is 5.69 Å². The van der Waals surface area contributed by atoms with Crippen LogP contribution in [0.4, 0.5) is 17.1 Å². The van der Waals surface area contributed by atoms with Crippen molar-refractivity contribution in [2.24, 2.45) is 0 Å². The van der Waals surface area contributed by atoms with E-state index in [9.17, 15) is 0 Å². The minimum Gasteiger partial charge on any atom is -0.308 e. The van der Waals surface area contributed by atoms with Crippen LogP contribution in [0.3, 0.4) is 0 Å². The number of nitrogens with zero attached hydrogens (tertiary/aromatic N) is 1. The van der Waals surface area contributed by atoms with Gasteiger partial charge in [0.15, 0.2) is 0 Å². The monoisotopic (exact) mass is 633 g/mol. The van der Waals surface area contributed by atoms with Crippen LogP contribution < -0.4 is 4.90 Å². The summed E-state index contributed by atoms with van der Waals surface area (Å²) in [4.78, 5) is 2.52. The van der Waals surface area contributed by atoms with Gasteiger partial charge in [0.25, 0.3) is 0 Å². The zero-order valence-corrected chi connectivity index (χ0v) is 27.0. The Balaban J connectivity index is 1.33. The van der Waals surface area contributed by atoms with Crippen LogP contribution in [0.15, 0.2) is 164 Å². The molecule has 0 spiro atoms. The summed E-state index contributed by atoms with van der Waals surface area (Å²) in [6.07, 6.45) is 0. The van der Waals surface area contributed by atoms with Crippen LogP contribution in [0.5, 0.6) is 0 Å². The molecular formula is C44H27NS2. The number of hydrogen-bond acceptors (Lipinski definition) is 3. The Morgan fingerprint density at radius 3 is 1.85 bits per heavy atom. The first-order valence-electron chi connectivity index (χ1n) is 15.9. The molecule has 0 atom stereocenters. The lowest BCUT2D eigenvalue weighted by atomic mass is 9.97. The molecule has 2 aromatic heterocycles. The van der Waals surface area contributed by atoms with E-state index in [2.05, 4.69) is 169 Å². The Bertz CT molecular complexity index is 2810. The van der Waals surface area contributed by atoms with Gasteiger partial charge in [-0.3, -0.25) is 0 Å². The Hall–Kier alpha value is -5.48. The van der Waals surface area contributed by atoms with Crippen LogP contribution in [0.25, 0.3) is 73.0 Å². The van der Waals surface area contributed by atoms with Crippen molar-refractivity contribution < 1.29 is 0 Å². The van der Waals surface area contributed by atoms with Gasteiger partial charge in [0.05, 0.1) is 16.1 Å². The lowest BCUT2D eigenvalue weighted by molar-refractivity contribution is 1.33. The van der Waals surface area contributed by atoms with Crippen molar-refractivity contribution in [1.29, 1.82) is 0 Å². The molecule has 10 rings (SSSR count). The molecule has 0 bridgehead atoms. The second-order valence-electron chi connectivity index (χ2n) is 12.1. The smallest absolute Gasteiger partial charge is 0.0641 e. The fourth-order valence-corrected chi connectivity index (χ4v) is 9.70. The quantitative estimate of drug-likeness (QED) is 0.174. The molecule has 0 unspecified atom stereocenters. The molecule has 0 amide bonds. The van der Waals surface area contributed by atoms with E-state index in [-0.39, 0.29) is 0 Å². The zero-order chi connectivity index (χ0) is 30.9. The van der Waals surface area contributed by atoms with Crippen LogP contribution in [0.2, 0.25) is 0 Å². The molecule has 47 heavy (non-hydrogen) atoms. The van der Waals surface area contributed by atoms with E-state index in [4.69, 9.17) is 0 Å². The van der Waals surface area contributed by atoms with Crippen molar-refractivity contribution in [2.45, 2.75) is 0 Å². The van der Waals surface area contributed by atoms with Gasteiger partial charge in [-0.05, 0) is 63.7 Å². The molecule has 1 nitrogen and oxygen atoms in total. The summed E-state index contributed by atoms with van der Waals surface area (Å²) in [5.41, 5.74) is 6.05. The van der Waals surface area contributed by atoms with E-state index >= 15 is 0 Å². The van der Waals surface area contributed by atoms with E-state index in [1.807, 2.05) is 22.7 Å². The zero-order valence-electron chi connectivity index (χ0n) is 25.4. The topological polar surface area (TPSA) is 3.24 Å². The lowest BCUT2D eigenvalue weighted by Gasteiger charge is -2.28. The van der Waals surface area contributed by atoms with Gasteiger partial charge in [0.2, 0.25) is 0 Å². The lowest BCUT2D eigenvalue weighted by Crippen LogP contribution is -2.11. The maximum atomic E-state index is 2.52. The average Bonchev–Trinajstić information content (AvgIpc) is 3.71. The van der Waals surface area contributed by atoms with Crippen molar-refractivity contribution in [3.63, 3.8) is 0 Å². The van der Waals surface area contributed by atoms with E-state index < -0.39 is 0 Å². The highest BCUT2D eigenvalue weighted by Gasteiger charge is 2.23. The minimum atomic E-state index is 1.16. The molecule has 0 fully saturated rings. The predicted octanol–water partition coefficient (Wildman–Crippen LogP) is 13.9. The van der Waals surface area contributed by atoms with Crippen LogP contribution >= 0.6 is 22.7 Å². The molecule has 0 saturated carbocycles. The highest BCUT2D eigenvalue weighted by atomic mass is 32.1. The fourth-order valence-electron chi connectivity index (χ4n) is 7.33. The second-order valence-corrected chi connectivity index (χ2v) is 14.2. The van der Waals surface area contributed by atoms with E-state index in [0.29, 0.717) is 0 Å². The Morgan fingerprint density at radius 2 is 1.02 bits per heavy atom. The van der Waals surface area contributed by atoms with Gasteiger partial charge in [-0.15, -0.1) is 22.7 Å². The third kappa shape index (κ3) is 4.14. The molecule has 0 N–H and O–H groups in total. The number of benzene rings is 8. The normalized spacial score (nSPS) is 11.8. The SMILES string of the molecule is c1ccc(-c2ccc(N(c3ccc4c(c3)sc3ccccc34)c3cc4ccccc4c4ccccc34)c3sc4ccccc4c23)cc1. The highest BCUT2D eigenvalue weighted by Crippen LogP contribution is 2.50. The summed E-state index contributed by atoms with van der Waals surface area (Å²) < 4.78 is 5.21. The average molecular weight is 634 g/mol.